The van der Waals surface area contributed by atoms with Gasteiger partial charge in [-0.25, -0.2) is 0 Å². The van der Waals surface area contributed by atoms with Crippen molar-refractivity contribution < 1.29 is 14.3 Å². The molecule has 0 aromatic heterocycles. The van der Waals surface area contributed by atoms with Crippen LogP contribution in [-0.4, -0.2) is 16.0 Å². The molecular formula is C28H20ClNO3S. The van der Waals surface area contributed by atoms with Crippen molar-refractivity contribution in [2.45, 2.75) is 13.2 Å². The molecule has 4 nitrogen and oxygen atoms in total. The van der Waals surface area contributed by atoms with Gasteiger partial charge >= 0.3 is 0 Å². The lowest BCUT2D eigenvalue weighted by atomic mass is 10.1. The topological polar surface area (TPSA) is 46.6 Å². The molecule has 0 radical (unpaired) electrons. The highest BCUT2D eigenvalue weighted by molar-refractivity contribution is 8.18. The van der Waals surface area contributed by atoms with Crippen LogP contribution in [0, 0.1) is 0 Å². The first kappa shape index (κ1) is 22.3. The molecule has 0 spiro atoms. The SMILES string of the molecule is O=C1S/C(=C\c2ccc(OCc3cccc4ccccc34)cc2)C(=O)N1Cc1cccc(Cl)c1. The Morgan fingerprint density at radius 2 is 1.65 bits per heavy atom. The highest BCUT2D eigenvalue weighted by atomic mass is 35.5. The number of hydrogen-bond donors (Lipinski definition) is 0. The van der Waals surface area contributed by atoms with Crippen LogP contribution in [0.2, 0.25) is 5.02 Å². The molecule has 2 amide bonds. The number of thioether (sulfide) groups is 1. The Labute approximate surface area is 206 Å². The summed E-state index contributed by atoms with van der Waals surface area (Å²) in [4.78, 5) is 26.9. The Bertz CT molecular complexity index is 1410. The van der Waals surface area contributed by atoms with E-state index in [2.05, 4.69) is 24.3 Å². The fourth-order valence-electron chi connectivity index (χ4n) is 3.85. The molecule has 6 heteroatoms. The molecule has 5 rings (SSSR count). The lowest BCUT2D eigenvalue weighted by Gasteiger charge is -2.12. The van der Waals surface area contributed by atoms with Gasteiger partial charge in [-0.2, -0.15) is 0 Å². The molecule has 0 saturated carbocycles. The van der Waals surface area contributed by atoms with Gasteiger partial charge in [0.2, 0.25) is 0 Å². The molecule has 0 aliphatic carbocycles. The molecule has 1 heterocycles. The first-order chi connectivity index (χ1) is 16.6. The van der Waals surface area contributed by atoms with Crippen molar-refractivity contribution in [1.82, 2.24) is 4.90 Å². The van der Waals surface area contributed by atoms with Gasteiger partial charge in [-0.05, 0) is 69.6 Å². The predicted molar refractivity (Wildman–Crippen MR) is 138 cm³/mol. The maximum absolute atomic E-state index is 12.8. The van der Waals surface area contributed by atoms with E-state index in [0.29, 0.717) is 16.5 Å². The van der Waals surface area contributed by atoms with Crippen LogP contribution in [0.15, 0.2) is 95.9 Å². The Kier molecular flexibility index (Phi) is 6.39. The van der Waals surface area contributed by atoms with Crippen LogP contribution in [0.1, 0.15) is 16.7 Å². The molecule has 1 fully saturated rings. The second-order valence-corrected chi connectivity index (χ2v) is 9.32. The van der Waals surface area contributed by atoms with Crippen LogP contribution in [0.25, 0.3) is 16.8 Å². The monoisotopic (exact) mass is 485 g/mol. The van der Waals surface area contributed by atoms with Crippen LogP contribution < -0.4 is 4.74 Å². The van der Waals surface area contributed by atoms with E-state index in [1.807, 2.05) is 48.5 Å². The van der Waals surface area contributed by atoms with Gasteiger partial charge in [0, 0.05) is 5.02 Å². The van der Waals surface area contributed by atoms with E-state index in [1.54, 1.807) is 24.3 Å². The average molecular weight is 486 g/mol. The lowest BCUT2D eigenvalue weighted by molar-refractivity contribution is -0.123. The van der Waals surface area contributed by atoms with Crippen LogP contribution in [-0.2, 0) is 17.9 Å². The molecule has 0 bridgehead atoms. The second-order valence-electron chi connectivity index (χ2n) is 7.89. The van der Waals surface area contributed by atoms with Crippen molar-refractivity contribution in [1.29, 1.82) is 0 Å². The Morgan fingerprint density at radius 3 is 2.47 bits per heavy atom. The normalized spacial score (nSPS) is 14.9. The van der Waals surface area contributed by atoms with Crippen LogP contribution in [0.5, 0.6) is 5.75 Å². The van der Waals surface area contributed by atoms with Gasteiger partial charge in [-0.15, -0.1) is 0 Å². The van der Waals surface area contributed by atoms with Crippen molar-refractivity contribution in [2.75, 3.05) is 0 Å². The zero-order valence-corrected chi connectivity index (χ0v) is 19.7. The molecule has 168 valence electrons. The third-order valence-electron chi connectivity index (χ3n) is 5.56. The van der Waals surface area contributed by atoms with Gasteiger partial charge in [0.25, 0.3) is 11.1 Å². The number of carbonyl (C=O) groups excluding carboxylic acids is 2. The maximum atomic E-state index is 12.8. The van der Waals surface area contributed by atoms with Crippen molar-refractivity contribution in [3.8, 4) is 5.75 Å². The van der Waals surface area contributed by atoms with Gasteiger partial charge in [0.05, 0.1) is 11.4 Å². The van der Waals surface area contributed by atoms with E-state index >= 15 is 0 Å². The number of hydrogen-bond acceptors (Lipinski definition) is 4. The maximum Gasteiger partial charge on any atom is 0.293 e. The van der Waals surface area contributed by atoms with Gasteiger partial charge in [-0.1, -0.05) is 78.3 Å². The van der Waals surface area contributed by atoms with E-state index < -0.39 is 0 Å². The summed E-state index contributed by atoms with van der Waals surface area (Å²) in [6.45, 7) is 0.659. The molecule has 4 aromatic carbocycles. The van der Waals surface area contributed by atoms with E-state index in [0.717, 1.165) is 34.2 Å². The number of nitrogens with zero attached hydrogens (tertiary/aromatic N) is 1. The Morgan fingerprint density at radius 1 is 0.882 bits per heavy atom. The zero-order chi connectivity index (χ0) is 23.5. The number of imide groups is 1. The van der Waals surface area contributed by atoms with Gasteiger partial charge in [0.1, 0.15) is 12.4 Å². The quantitative estimate of drug-likeness (QED) is 0.269. The van der Waals surface area contributed by atoms with E-state index in [-0.39, 0.29) is 17.7 Å². The van der Waals surface area contributed by atoms with E-state index in [9.17, 15) is 9.59 Å². The molecule has 4 aromatic rings. The van der Waals surface area contributed by atoms with E-state index in [4.69, 9.17) is 16.3 Å². The van der Waals surface area contributed by atoms with E-state index in [1.165, 1.54) is 15.7 Å². The summed E-state index contributed by atoms with van der Waals surface area (Å²) in [6, 6.07) is 29.1. The number of amides is 2. The first-order valence-corrected chi connectivity index (χ1v) is 12.0. The van der Waals surface area contributed by atoms with Gasteiger partial charge < -0.3 is 4.74 Å². The smallest absolute Gasteiger partial charge is 0.293 e. The summed E-state index contributed by atoms with van der Waals surface area (Å²) in [5.41, 5.74) is 2.75. The van der Waals surface area contributed by atoms with Crippen molar-refractivity contribution in [3.63, 3.8) is 0 Å². The fraction of sp³-hybridized carbons (Fsp3) is 0.0714. The third kappa shape index (κ3) is 4.86. The summed E-state index contributed by atoms with van der Waals surface area (Å²) in [5, 5.41) is 2.65. The summed E-state index contributed by atoms with van der Waals surface area (Å²) >= 11 is 6.97. The molecule has 0 atom stereocenters. The molecule has 0 N–H and O–H groups in total. The van der Waals surface area contributed by atoms with Gasteiger partial charge in [-0.3, -0.25) is 14.5 Å². The summed E-state index contributed by atoms with van der Waals surface area (Å²) in [6.07, 6.45) is 1.73. The minimum absolute atomic E-state index is 0.198. The third-order valence-corrected chi connectivity index (χ3v) is 6.70. The first-order valence-electron chi connectivity index (χ1n) is 10.8. The molecular weight excluding hydrogens is 466 g/mol. The Hall–Kier alpha value is -3.54. The van der Waals surface area contributed by atoms with Crippen molar-refractivity contribution >= 4 is 51.4 Å². The highest BCUT2D eigenvalue weighted by Gasteiger charge is 2.34. The molecule has 1 aliphatic rings. The number of halogens is 1. The summed E-state index contributed by atoms with van der Waals surface area (Å²) in [7, 11) is 0. The lowest BCUT2D eigenvalue weighted by Crippen LogP contribution is -2.27. The summed E-state index contributed by atoms with van der Waals surface area (Å²) < 4.78 is 5.99. The van der Waals surface area contributed by atoms with Crippen molar-refractivity contribution in [2.24, 2.45) is 0 Å². The molecule has 1 saturated heterocycles. The van der Waals surface area contributed by atoms with Crippen LogP contribution in [0.4, 0.5) is 4.79 Å². The minimum atomic E-state index is -0.300. The fourth-order valence-corrected chi connectivity index (χ4v) is 4.90. The zero-order valence-electron chi connectivity index (χ0n) is 18.1. The predicted octanol–water partition coefficient (Wildman–Crippen LogP) is 7.31. The van der Waals surface area contributed by atoms with Crippen molar-refractivity contribution in [3.05, 3.63) is 118 Å². The molecule has 1 aliphatic heterocycles. The average Bonchev–Trinajstić information content (AvgIpc) is 3.11. The highest BCUT2D eigenvalue weighted by Crippen LogP contribution is 2.33. The largest absolute Gasteiger partial charge is 0.489 e. The second kappa shape index (κ2) is 9.75. The number of fused-ring (bicyclic) bond motifs is 1. The molecule has 0 unspecified atom stereocenters. The number of carbonyl (C=O) groups is 2. The number of ether oxygens (including phenoxy) is 1. The standard InChI is InChI=1S/C28H20ClNO3S/c29-23-9-3-5-20(15-23)17-30-27(31)26(34-28(30)32)16-19-11-13-24(14-12-19)33-18-22-8-4-7-21-6-1-2-10-25(21)22/h1-16H,17-18H2/b26-16-. The molecule has 34 heavy (non-hydrogen) atoms. The number of benzene rings is 4. The van der Waals surface area contributed by atoms with Crippen LogP contribution in [0.3, 0.4) is 0 Å². The number of rotatable bonds is 6. The summed E-state index contributed by atoms with van der Waals surface area (Å²) in [5.74, 6) is 0.436. The van der Waals surface area contributed by atoms with Gasteiger partial charge in [0.15, 0.2) is 0 Å². The minimum Gasteiger partial charge on any atom is -0.489 e. The van der Waals surface area contributed by atoms with Crippen LogP contribution >= 0.6 is 23.4 Å². The Balaban J connectivity index is 1.26.